The maximum atomic E-state index is 11.4. The highest BCUT2D eigenvalue weighted by Crippen LogP contribution is 2.18. The molecule has 0 unspecified atom stereocenters. The Bertz CT molecular complexity index is 361. The summed E-state index contributed by atoms with van der Waals surface area (Å²) in [7, 11) is 2.99. The van der Waals surface area contributed by atoms with Crippen LogP contribution in [0.2, 0.25) is 0 Å². The zero-order valence-electron chi connectivity index (χ0n) is 9.10. The van der Waals surface area contributed by atoms with Gasteiger partial charge in [-0.05, 0) is 24.7 Å². The summed E-state index contributed by atoms with van der Waals surface area (Å²) in [5.41, 5.74) is 0.743. The molecule has 1 aromatic carbocycles. The van der Waals surface area contributed by atoms with E-state index < -0.39 is 6.04 Å². The van der Waals surface area contributed by atoms with E-state index in [1.54, 1.807) is 31.3 Å². The van der Waals surface area contributed by atoms with E-state index in [1.807, 2.05) is 0 Å². The van der Waals surface area contributed by atoms with E-state index >= 15 is 0 Å². The summed E-state index contributed by atoms with van der Waals surface area (Å²) < 4.78 is 9.29. The van der Waals surface area contributed by atoms with Gasteiger partial charge in [-0.15, -0.1) is 0 Å². The summed E-state index contributed by atoms with van der Waals surface area (Å²) in [5, 5.41) is 2.84. The van der Waals surface area contributed by atoms with Crippen molar-refractivity contribution in [3.05, 3.63) is 29.8 Å². The highest BCUT2D eigenvalue weighted by molar-refractivity contribution is 5.77. The lowest BCUT2D eigenvalue weighted by Gasteiger charge is -2.13. The van der Waals surface area contributed by atoms with Gasteiger partial charge in [-0.25, -0.2) is 4.79 Å². The quantitative estimate of drug-likeness (QED) is 0.586. The number of benzene rings is 1. The third-order valence-corrected chi connectivity index (χ3v) is 2.12. The van der Waals surface area contributed by atoms with Crippen molar-refractivity contribution in [2.24, 2.45) is 0 Å². The molecule has 0 amide bonds. The Morgan fingerprint density at radius 2 is 2.00 bits per heavy atom. The van der Waals surface area contributed by atoms with Crippen molar-refractivity contribution >= 4 is 12.4 Å². The molecule has 1 aromatic rings. The van der Waals surface area contributed by atoms with Gasteiger partial charge in [0.05, 0.1) is 7.11 Å². The highest BCUT2D eigenvalue weighted by atomic mass is 16.5. The molecule has 0 aliphatic rings. The van der Waals surface area contributed by atoms with Gasteiger partial charge in [-0.3, -0.25) is 4.79 Å². The monoisotopic (exact) mass is 223 g/mol. The zero-order chi connectivity index (χ0) is 12.0. The number of hydrogen-bond donors (Lipinski definition) is 1. The average molecular weight is 223 g/mol. The predicted molar refractivity (Wildman–Crippen MR) is 57.0 cm³/mol. The molecule has 0 heterocycles. The topological polar surface area (TPSA) is 64.6 Å². The van der Waals surface area contributed by atoms with Gasteiger partial charge in [0.2, 0.25) is 0 Å². The molecular formula is C11H13NO4. The molecule has 0 fully saturated rings. The Kier molecular flexibility index (Phi) is 4.47. The van der Waals surface area contributed by atoms with Crippen LogP contribution < -0.4 is 10.1 Å². The van der Waals surface area contributed by atoms with Crippen LogP contribution in [0.15, 0.2) is 24.3 Å². The maximum absolute atomic E-state index is 11.4. The van der Waals surface area contributed by atoms with Gasteiger partial charge in [-0.2, -0.15) is 0 Å². The fourth-order valence-electron chi connectivity index (χ4n) is 1.33. The van der Waals surface area contributed by atoms with Crippen molar-refractivity contribution in [1.29, 1.82) is 0 Å². The molecule has 0 aromatic heterocycles. The van der Waals surface area contributed by atoms with Crippen LogP contribution in [0.5, 0.6) is 5.75 Å². The molecule has 0 saturated carbocycles. The van der Waals surface area contributed by atoms with Crippen LogP contribution in [0.25, 0.3) is 0 Å². The molecule has 1 atom stereocenters. The number of hydrogen-bond acceptors (Lipinski definition) is 5. The normalized spacial score (nSPS) is 11.6. The molecule has 0 saturated heterocycles. The van der Waals surface area contributed by atoms with E-state index in [9.17, 15) is 9.59 Å². The molecule has 0 radical (unpaired) electrons. The van der Waals surface area contributed by atoms with E-state index in [4.69, 9.17) is 0 Å². The van der Waals surface area contributed by atoms with E-state index in [2.05, 4.69) is 14.8 Å². The lowest BCUT2D eigenvalue weighted by molar-refractivity contribution is -0.143. The summed E-state index contributed by atoms with van der Waals surface area (Å²) in [6.45, 7) is 0.352. The minimum atomic E-state index is -0.518. The first-order chi connectivity index (χ1) is 7.72. The SMILES string of the molecule is CN[C@H](C(=O)OC)c1ccc(OC=O)cc1. The predicted octanol–water partition coefficient (Wildman–Crippen LogP) is 0.655. The maximum Gasteiger partial charge on any atom is 0.327 e. The molecule has 86 valence electrons. The van der Waals surface area contributed by atoms with Crippen molar-refractivity contribution in [2.75, 3.05) is 14.2 Å². The van der Waals surface area contributed by atoms with E-state index in [0.29, 0.717) is 12.2 Å². The Hall–Kier alpha value is -1.88. The molecule has 0 spiro atoms. The summed E-state index contributed by atoms with van der Waals surface area (Å²) in [6, 6.07) is 6.08. The van der Waals surface area contributed by atoms with Gasteiger partial charge in [0.15, 0.2) is 0 Å². The van der Waals surface area contributed by atoms with Crippen molar-refractivity contribution in [1.82, 2.24) is 5.32 Å². The van der Waals surface area contributed by atoms with Crippen molar-refractivity contribution in [3.63, 3.8) is 0 Å². The highest BCUT2D eigenvalue weighted by Gasteiger charge is 2.18. The second kappa shape index (κ2) is 5.87. The van der Waals surface area contributed by atoms with Crippen LogP contribution in [-0.4, -0.2) is 26.6 Å². The molecule has 0 aliphatic carbocycles. The van der Waals surface area contributed by atoms with E-state index in [-0.39, 0.29) is 5.97 Å². The minimum Gasteiger partial charge on any atom is -0.468 e. The lowest BCUT2D eigenvalue weighted by atomic mass is 10.1. The number of likely N-dealkylation sites (N-methyl/N-ethyl adjacent to an activating group) is 1. The first-order valence-electron chi connectivity index (χ1n) is 4.68. The van der Waals surface area contributed by atoms with Crippen LogP contribution in [0, 0.1) is 0 Å². The number of nitrogens with one attached hydrogen (secondary N) is 1. The van der Waals surface area contributed by atoms with Gasteiger partial charge in [0.1, 0.15) is 11.8 Å². The zero-order valence-corrected chi connectivity index (χ0v) is 9.10. The Morgan fingerprint density at radius 3 is 2.44 bits per heavy atom. The summed E-state index contributed by atoms with van der Waals surface area (Å²) in [5.74, 6) is 0.0602. The van der Waals surface area contributed by atoms with Gasteiger partial charge in [0.25, 0.3) is 6.47 Å². The molecule has 5 heteroatoms. The number of methoxy groups -OCH3 is 1. The van der Waals surface area contributed by atoms with Gasteiger partial charge in [0, 0.05) is 0 Å². The number of ether oxygens (including phenoxy) is 2. The Morgan fingerprint density at radius 1 is 1.38 bits per heavy atom. The molecule has 5 nitrogen and oxygen atoms in total. The number of carbonyl (C=O) groups is 2. The van der Waals surface area contributed by atoms with Crippen LogP contribution in [0.3, 0.4) is 0 Å². The second-order valence-electron chi connectivity index (χ2n) is 3.03. The summed E-state index contributed by atoms with van der Waals surface area (Å²) >= 11 is 0. The van der Waals surface area contributed by atoms with E-state index in [1.165, 1.54) is 7.11 Å². The van der Waals surface area contributed by atoms with Crippen molar-refractivity contribution in [2.45, 2.75) is 6.04 Å². The standard InChI is InChI=1S/C11H13NO4/c1-12-10(11(14)15-2)8-3-5-9(6-4-8)16-7-13/h3-7,10,12H,1-2H3/t10-/m0/s1. The average Bonchev–Trinajstić information content (AvgIpc) is 2.32. The van der Waals surface area contributed by atoms with Crippen LogP contribution >= 0.6 is 0 Å². The fraction of sp³-hybridized carbons (Fsp3) is 0.273. The third-order valence-electron chi connectivity index (χ3n) is 2.12. The molecule has 1 rings (SSSR count). The largest absolute Gasteiger partial charge is 0.468 e. The Balaban J connectivity index is 2.86. The van der Waals surface area contributed by atoms with Gasteiger partial charge < -0.3 is 14.8 Å². The van der Waals surface area contributed by atoms with Gasteiger partial charge in [-0.1, -0.05) is 12.1 Å². The van der Waals surface area contributed by atoms with Crippen molar-refractivity contribution < 1.29 is 19.1 Å². The van der Waals surface area contributed by atoms with Crippen LogP contribution in [0.4, 0.5) is 0 Å². The van der Waals surface area contributed by atoms with Gasteiger partial charge >= 0.3 is 5.97 Å². The molecule has 0 bridgehead atoms. The molecular weight excluding hydrogens is 210 g/mol. The summed E-state index contributed by atoms with van der Waals surface area (Å²) in [6.07, 6.45) is 0. The van der Waals surface area contributed by atoms with E-state index in [0.717, 1.165) is 5.56 Å². The second-order valence-corrected chi connectivity index (χ2v) is 3.03. The number of esters is 1. The first kappa shape index (κ1) is 12.2. The summed E-state index contributed by atoms with van der Waals surface area (Å²) in [4.78, 5) is 21.5. The third kappa shape index (κ3) is 2.80. The van der Waals surface area contributed by atoms with Crippen molar-refractivity contribution in [3.8, 4) is 5.75 Å². The number of rotatable bonds is 5. The fourth-order valence-corrected chi connectivity index (χ4v) is 1.33. The molecule has 16 heavy (non-hydrogen) atoms. The minimum absolute atomic E-state index is 0.352. The molecule has 0 aliphatic heterocycles. The Labute approximate surface area is 93.4 Å². The van der Waals surface area contributed by atoms with Crippen LogP contribution in [-0.2, 0) is 14.3 Å². The smallest absolute Gasteiger partial charge is 0.327 e. The number of carbonyl (C=O) groups excluding carboxylic acids is 2. The molecule has 1 N–H and O–H groups in total. The first-order valence-corrected chi connectivity index (χ1v) is 4.68. The van der Waals surface area contributed by atoms with Crippen LogP contribution in [0.1, 0.15) is 11.6 Å². The lowest BCUT2D eigenvalue weighted by Crippen LogP contribution is -2.26.